The van der Waals surface area contributed by atoms with Crippen molar-refractivity contribution in [2.24, 2.45) is 0 Å². The lowest BCUT2D eigenvalue weighted by molar-refractivity contribution is -0.138. The zero-order valence-electron chi connectivity index (χ0n) is 9.96. The molecule has 2 rings (SSSR count). The molecule has 0 aliphatic carbocycles. The lowest BCUT2D eigenvalue weighted by Gasteiger charge is -2.14. The van der Waals surface area contributed by atoms with E-state index in [4.69, 9.17) is 4.74 Å². The number of ether oxygens (including phenoxy) is 1. The standard InChI is InChI=1S/C13H16F3NO/c14-13(15,16)12-6-2-1-4-10(12)8-17-9-11-5-3-7-18-11/h1-2,4,6,11,17H,3,5,7-9H2/t11-/m1/s1. The Kier molecular flexibility index (Phi) is 4.24. The molecule has 2 nitrogen and oxygen atoms in total. The molecule has 1 fully saturated rings. The van der Waals surface area contributed by atoms with Crippen LogP contribution in [0.3, 0.4) is 0 Å². The normalized spacial score (nSPS) is 20.3. The molecule has 18 heavy (non-hydrogen) atoms. The lowest BCUT2D eigenvalue weighted by Crippen LogP contribution is -2.26. The molecular weight excluding hydrogens is 243 g/mol. The Morgan fingerprint density at radius 3 is 2.72 bits per heavy atom. The van der Waals surface area contributed by atoms with E-state index >= 15 is 0 Å². The molecule has 1 aliphatic rings. The van der Waals surface area contributed by atoms with E-state index in [9.17, 15) is 13.2 Å². The Hall–Kier alpha value is -1.07. The Balaban J connectivity index is 1.92. The highest BCUT2D eigenvalue weighted by Gasteiger charge is 2.32. The molecular formula is C13H16F3NO. The van der Waals surface area contributed by atoms with Gasteiger partial charge in [0.05, 0.1) is 11.7 Å². The van der Waals surface area contributed by atoms with Crippen LogP contribution >= 0.6 is 0 Å². The second kappa shape index (κ2) is 5.71. The first kappa shape index (κ1) is 13.4. The van der Waals surface area contributed by atoms with Crippen molar-refractivity contribution in [2.45, 2.75) is 31.7 Å². The highest BCUT2D eigenvalue weighted by atomic mass is 19.4. The van der Waals surface area contributed by atoms with Crippen LogP contribution in [0.5, 0.6) is 0 Å². The number of hydrogen-bond donors (Lipinski definition) is 1. The van der Waals surface area contributed by atoms with Gasteiger partial charge >= 0.3 is 6.18 Å². The second-order valence-electron chi connectivity index (χ2n) is 4.42. The van der Waals surface area contributed by atoms with Gasteiger partial charge in [-0.2, -0.15) is 13.2 Å². The molecule has 5 heteroatoms. The summed E-state index contributed by atoms with van der Waals surface area (Å²) in [4.78, 5) is 0. The third-order valence-corrected chi connectivity index (χ3v) is 3.03. The molecule has 0 spiro atoms. The van der Waals surface area contributed by atoms with Crippen molar-refractivity contribution in [3.05, 3.63) is 35.4 Å². The van der Waals surface area contributed by atoms with Crippen molar-refractivity contribution < 1.29 is 17.9 Å². The van der Waals surface area contributed by atoms with Crippen LogP contribution in [0.4, 0.5) is 13.2 Å². The number of halogens is 3. The van der Waals surface area contributed by atoms with Crippen LogP contribution in [0, 0.1) is 0 Å². The number of alkyl halides is 3. The molecule has 1 aliphatic heterocycles. The van der Waals surface area contributed by atoms with E-state index in [1.807, 2.05) is 0 Å². The van der Waals surface area contributed by atoms with Gasteiger partial charge in [0.25, 0.3) is 0 Å². The van der Waals surface area contributed by atoms with Gasteiger partial charge in [0.15, 0.2) is 0 Å². The molecule has 100 valence electrons. The topological polar surface area (TPSA) is 21.3 Å². The van der Waals surface area contributed by atoms with Gasteiger partial charge in [0, 0.05) is 19.7 Å². The summed E-state index contributed by atoms with van der Waals surface area (Å²) in [5.74, 6) is 0. The molecule has 0 unspecified atom stereocenters. The van der Waals surface area contributed by atoms with Crippen LogP contribution in [-0.4, -0.2) is 19.3 Å². The van der Waals surface area contributed by atoms with Crippen LogP contribution in [0.2, 0.25) is 0 Å². The van der Waals surface area contributed by atoms with E-state index in [1.165, 1.54) is 12.1 Å². The van der Waals surface area contributed by atoms with Gasteiger partial charge in [-0.3, -0.25) is 0 Å². The van der Waals surface area contributed by atoms with E-state index in [0.29, 0.717) is 6.54 Å². The monoisotopic (exact) mass is 259 g/mol. The highest BCUT2D eigenvalue weighted by molar-refractivity contribution is 5.29. The third kappa shape index (κ3) is 3.46. The number of hydrogen-bond acceptors (Lipinski definition) is 2. The van der Waals surface area contributed by atoms with E-state index in [1.54, 1.807) is 6.07 Å². The summed E-state index contributed by atoms with van der Waals surface area (Å²) in [6, 6.07) is 5.65. The minimum atomic E-state index is -4.29. The quantitative estimate of drug-likeness (QED) is 0.897. The van der Waals surface area contributed by atoms with E-state index < -0.39 is 11.7 Å². The van der Waals surface area contributed by atoms with Crippen molar-refractivity contribution in [3.63, 3.8) is 0 Å². The minimum absolute atomic E-state index is 0.142. The van der Waals surface area contributed by atoms with Gasteiger partial charge in [-0.15, -0.1) is 0 Å². The molecule has 0 bridgehead atoms. The second-order valence-corrected chi connectivity index (χ2v) is 4.42. The summed E-state index contributed by atoms with van der Waals surface area (Å²) in [6.07, 6.45) is -2.13. The van der Waals surface area contributed by atoms with Crippen LogP contribution in [0.15, 0.2) is 24.3 Å². The van der Waals surface area contributed by atoms with Gasteiger partial charge in [-0.1, -0.05) is 18.2 Å². The van der Waals surface area contributed by atoms with Gasteiger partial charge in [-0.05, 0) is 24.5 Å². The maximum atomic E-state index is 12.7. The molecule has 1 aromatic carbocycles. The largest absolute Gasteiger partial charge is 0.416 e. The van der Waals surface area contributed by atoms with Crippen LogP contribution in [0.1, 0.15) is 24.0 Å². The van der Waals surface area contributed by atoms with Crippen molar-refractivity contribution in [1.82, 2.24) is 5.32 Å². The average molecular weight is 259 g/mol. The van der Waals surface area contributed by atoms with E-state index in [-0.39, 0.29) is 18.2 Å². The Bertz CT molecular complexity index is 386. The summed E-state index contributed by atoms with van der Waals surface area (Å²) in [7, 11) is 0. The minimum Gasteiger partial charge on any atom is -0.377 e. The maximum Gasteiger partial charge on any atom is 0.416 e. The van der Waals surface area contributed by atoms with Crippen molar-refractivity contribution in [2.75, 3.05) is 13.2 Å². The van der Waals surface area contributed by atoms with E-state index in [0.717, 1.165) is 25.5 Å². The number of nitrogens with one attached hydrogen (secondary N) is 1. The van der Waals surface area contributed by atoms with Gasteiger partial charge in [-0.25, -0.2) is 0 Å². The molecule has 1 aromatic rings. The first-order valence-electron chi connectivity index (χ1n) is 6.05. The zero-order valence-corrected chi connectivity index (χ0v) is 9.96. The van der Waals surface area contributed by atoms with Crippen LogP contribution in [0.25, 0.3) is 0 Å². The molecule has 1 N–H and O–H groups in total. The van der Waals surface area contributed by atoms with Gasteiger partial charge < -0.3 is 10.1 Å². The third-order valence-electron chi connectivity index (χ3n) is 3.03. The van der Waals surface area contributed by atoms with Crippen LogP contribution in [-0.2, 0) is 17.5 Å². The van der Waals surface area contributed by atoms with Crippen molar-refractivity contribution in [1.29, 1.82) is 0 Å². The molecule has 0 amide bonds. The summed E-state index contributed by atoms with van der Waals surface area (Å²) in [5, 5.41) is 3.03. The maximum absolute atomic E-state index is 12.7. The number of benzene rings is 1. The molecule has 0 radical (unpaired) electrons. The van der Waals surface area contributed by atoms with Gasteiger partial charge in [0.1, 0.15) is 0 Å². The smallest absolute Gasteiger partial charge is 0.377 e. The zero-order chi connectivity index (χ0) is 13.0. The Morgan fingerprint density at radius 2 is 2.06 bits per heavy atom. The molecule has 0 saturated carbocycles. The van der Waals surface area contributed by atoms with Crippen molar-refractivity contribution in [3.8, 4) is 0 Å². The SMILES string of the molecule is FC(F)(F)c1ccccc1CNC[C@H]1CCCO1. The predicted molar refractivity (Wildman–Crippen MR) is 62.1 cm³/mol. The van der Waals surface area contributed by atoms with Crippen LogP contribution < -0.4 is 5.32 Å². The fourth-order valence-corrected chi connectivity index (χ4v) is 2.12. The number of rotatable bonds is 4. The fourth-order valence-electron chi connectivity index (χ4n) is 2.12. The molecule has 1 heterocycles. The molecule has 0 aromatic heterocycles. The first-order chi connectivity index (χ1) is 8.57. The average Bonchev–Trinajstić information content (AvgIpc) is 2.81. The van der Waals surface area contributed by atoms with Gasteiger partial charge in [0.2, 0.25) is 0 Å². The summed E-state index contributed by atoms with van der Waals surface area (Å²) in [6.45, 7) is 1.58. The summed E-state index contributed by atoms with van der Waals surface area (Å²) < 4.78 is 43.6. The summed E-state index contributed by atoms with van der Waals surface area (Å²) >= 11 is 0. The molecule has 1 atom stereocenters. The van der Waals surface area contributed by atoms with Crippen molar-refractivity contribution >= 4 is 0 Å². The fraction of sp³-hybridized carbons (Fsp3) is 0.538. The first-order valence-corrected chi connectivity index (χ1v) is 6.05. The Labute approximate surface area is 104 Å². The molecule has 1 saturated heterocycles. The predicted octanol–water partition coefficient (Wildman–Crippen LogP) is 2.97. The Morgan fingerprint density at radius 1 is 1.28 bits per heavy atom. The highest BCUT2D eigenvalue weighted by Crippen LogP contribution is 2.31. The lowest BCUT2D eigenvalue weighted by atomic mass is 10.1. The summed E-state index contributed by atoms with van der Waals surface area (Å²) in [5.41, 5.74) is -0.284. The van der Waals surface area contributed by atoms with E-state index in [2.05, 4.69) is 5.32 Å².